The summed E-state index contributed by atoms with van der Waals surface area (Å²) in [4.78, 5) is 12.4. The molecule has 0 spiro atoms. The summed E-state index contributed by atoms with van der Waals surface area (Å²) in [6.45, 7) is 1.23. The number of hydrogen-bond donors (Lipinski definition) is 1. The molecule has 1 saturated carbocycles. The summed E-state index contributed by atoms with van der Waals surface area (Å²) in [5.74, 6) is 1.28. The zero-order chi connectivity index (χ0) is 13.4. The Labute approximate surface area is 115 Å². The zero-order valence-electron chi connectivity index (χ0n) is 10.2. The monoisotopic (exact) mass is 283 g/mol. The summed E-state index contributed by atoms with van der Waals surface area (Å²) in [7, 11) is 0. The number of nitrogens with zero attached hydrogens (tertiary/aromatic N) is 3. The molecule has 2 aliphatic rings. The van der Waals surface area contributed by atoms with Crippen LogP contribution in [0.25, 0.3) is 0 Å². The maximum absolute atomic E-state index is 10.9. The molecule has 1 N–H and O–H groups in total. The van der Waals surface area contributed by atoms with Gasteiger partial charge in [-0.25, -0.2) is 4.79 Å². The van der Waals surface area contributed by atoms with Gasteiger partial charge >= 0.3 is 6.09 Å². The first kappa shape index (κ1) is 12.5. The van der Waals surface area contributed by atoms with E-state index >= 15 is 0 Å². The smallest absolute Gasteiger partial charge is 0.407 e. The minimum absolute atomic E-state index is 0.0985. The van der Waals surface area contributed by atoms with Crippen LogP contribution in [0.5, 0.6) is 5.88 Å². The average Bonchev–Trinajstić information content (AvgIpc) is 2.90. The predicted molar refractivity (Wildman–Crippen MR) is 67.3 cm³/mol. The van der Waals surface area contributed by atoms with E-state index in [9.17, 15) is 4.79 Å². The average molecular weight is 284 g/mol. The number of carboxylic acid groups (broad SMARTS) is 1. The Balaban J connectivity index is 1.57. The van der Waals surface area contributed by atoms with Gasteiger partial charge in [0.1, 0.15) is 6.10 Å². The molecule has 19 heavy (non-hydrogen) atoms. The van der Waals surface area contributed by atoms with E-state index in [1.807, 2.05) is 0 Å². The minimum atomic E-state index is -0.824. The molecule has 2 heterocycles. The Kier molecular flexibility index (Phi) is 3.18. The van der Waals surface area contributed by atoms with E-state index in [-0.39, 0.29) is 6.10 Å². The Bertz CT molecular complexity index is 468. The first-order valence-electron chi connectivity index (χ1n) is 6.25. The SMILES string of the molecule is O=C(O)N1C[C@H]2C[C@H](Oc3ccc(Cl)nn3)C[C@H]2C1. The van der Waals surface area contributed by atoms with E-state index in [0.717, 1.165) is 12.8 Å². The van der Waals surface area contributed by atoms with E-state index in [2.05, 4.69) is 10.2 Å². The van der Waals surface area contributed by atoms with Crippen molar-refractivity contribution in [1.29, 1.82) is 0 Å². The van der Waals surface area contributed by atoms with E-state index in [1.54, 1.807) is 12.1 Å². The lowest BCUT2D eigenvalue weighted by molar-refractivity contribution is 0.143. The summed E-state index contributed by atoms with van der Waals surface area (Å²) in [6.07, 6.45) is 1.02. The summed E-state index contributed by atoms with van der Waals surface area (Å²) in [5, 5.41) is 16.9. The van der Waals surface area contributed by atoms with E-state index in [0.29, 0.717) is 36.0 Å². The molecular formula is C12H14ClN3O3. The molecule has 0 aromatic carbocycles. The van der Waals surface area contributed by atoms with Gasteiger partial charge in [0.05, 0.1) is 0 Å². The number of fused-ring (bicyclic) bond motifs is 1. The molecule has 1 aromatic heterocycles. The number of amides is 1. The highest BCUT2D eigenvalue weighted by Gasteiger charge is 2.43. The van der Waals surface area contributed by atoms with Gasteiger partial charge in [-0.05, 0) is 30.7 Å². The van der Waals surface area contributed by atoms with Crippen LogP contribution in [0.3, 0.4) is 0 Å². The van der Waals surface area contributed by atoms with Gasteiger partial charge in [0.15, 0.2) is 5.15 Å². The lowest BCUT2D eigenvalue weighted by Gasteiger charge is -2.16. The van der Waals surface area contributed by atoms with Gasteiger partial charge in [-0.15, -0.1) is 10.2 Å². The number of rotatable bonds is 2. The second kappa shape index (κ2) is 4.85. The van der Waals surface area contributed by atoms with Gasteiger partial charge in [-0.3, -0.25) is 0 Å². The standard InChI is InChI=1S/C12H14ClN3O3/c13-10-1-2-11(15-14-10)19-9-3-7-5-16(12(17)18)6-8(7)4-9/h1-2,7-9H,3-6H2,(H,17,18)/t7-,8+,9+. The first-order valence-corrected chi connectivity index (χ1v) is 6.63. The first-order chi connectivity index (χ1) is 9.11. The molecule has 3 atom stereocenters. The van der Waals surface area contributed by atoms with E-state index in [1.165, 1.54) is 4.90 Å². The quantitative estimate of drug-likeness (QED) is 0.897. The number of ether oxygens (including phenoxy) is 1. The Morgan fingerprint density at radius 1 is 1.32 bits per heavy atom. The fraction of sp³-hybridized carbons (Fsp3) is 0.583. The lowest BCUT2D eigenvalue weighted by Crippen LogP contribution is -2.29. The third kappa shape index (κ3) is 2.58. The number of likely N-dealkylation sites (tertiary alicyclic amines) is 1. The highest BCUT2D eigenvalue weighted by Crippen LogP contribution is 2.39. The molecule has 0 radical (unpaired) electrons. The molecule has 0 unspecified atom stereocenters. The largest absolute Gasteiger partial charge is 0.473 e. The van der Waals surface area contributed by atoms with Crippen molar-refractivity contribution in [3.8, 4) is 5.88 Å². The molecule has 7 heteroatoms. The normalized spacial score (nSPS) is 29.3. The second-order valence-corrected chi connectivity index (χ2v) is 5.50. The highest BCUT2D eigenvalue weighted by molar-refractivity contribution is 6.29. The van der Waals surface area contributed by atoms with Crippen LogP contribution < -0.4 is 4.74 Å². The van der Waals surface area contributed by atoms with Crippen LogP contribution >= 0.6 is 11.6 Å². The number of carbonyl (C=O) groups is 1. The molecule has 1 saturated heterocycles. The van der Waals surface area contributed by atoms with Crippen molar-refractivity contribution in [1.82, 2.24) is 15.1 Å². The summed E-state index contributed by atoms with van der Waals surface area (Å²) in [6, 6.07) is 3.35. The van der Waals surface area contributed by atoms with Gasteiger partial charge in [0.25, 0.3) is 0 Å². The summed E-state index contributed by atoms with van der Waals surface area (Å²) in [5.41, 5.74) is 0. The Morgan fingerprint density at radius 2 is 2.00 bits per heavy atom. The van der Waals surface area contributed by atoms with Crippen LogP contribution in [0.1, 0.15) is 12.8 Å². The van der Waals surface area contributed by atoms with Crippen molar-refractivity contribution in [2.45, 2.75) is 18.9 Å². The van der Waals surface area contributed by atoms with Gasteiger partial charge in [-0.1, -0.05) is 11.6 Å². The third-order valence-electron chi connectivity index (χ3n) is 3.87. The fourth-order valence-corrected chi connectivity index (χ4v) is 3.13. The van der Waals surface area contributed by atoms with Crippen LogP contribution in [0.15, 0.2) is 12.1 Å². The third-order valence-corrected chi connectivity index (χ3v) is 4.07. The van der Waals surface area contributed by atoms with Crippen molar-refractivity contribution in [3.05, 3.63) is 17.3 Å². The summed E-state index contributed by atoms with van der Waals surface area (Å²) >= 11 is 5.66. The van der Waals surface area contributed by atoms with Crippen LogP contribution in [0, 0.1) is 11.8 Å². The van der Waals surface area contributed by atoms with Crippen LogP contribution in [0.4, 0.5) is 4.79 Å². The highest BCUT2D eigenvalue weighted by atomic mass is 35.5. The fourth-order valence-electron chi connectivity index (χ4n) is 3.03. The Hall–Kier alpha value is -1.56. The van der Waals surface area contributed by atoms with E-state index in [4.69, 9.17) is 21.4 Å². The topological polar surface area (TPSA) is 75.5 Å². The maximum Gasteiger partial charge on any atom is 0.407 e. The molecule has 102 valence electrons. The van der Waals surface area contributed by atoms with Crippen LogP contribution in [0.2, 0.25) is 5.15 Å². The molecule has 0 bridgehead atoms. The lowest BCUT2D eigenvalue weighted by atomic mass is 10.0. The molecule has 1 aromatic rings. The second-order valence-electron chi connectivity index (χ2n) is 5.11. The molecule has 1 aliphatic carbocycles. The van der Waals surface area contributed by atoms with Gasteiger partial charge in [0, 0.05) is 19.2 Å². The molecule has 3 rings (SSSR count). The molecule has 1 aliphatic heterocycles. The van der Waals surface area contributed by atoms with Crippen molar-refractivity contribution in [2.75, 3.05) is 13.1 Å². The minimum Gasteiger partial charge on any atom is -0.473 e. The van der Waals surface area contributed by atoms with Crippen molar-refractivity contribution >= 4 is 17.7 Å². The number of hydrogen-bond acceptors (Lipinski definition) is 4. The van der Waals surface area contributed by atoms with Crippen molar-refractivity contribution in [3.63, 3.8) is 0 Å². The van der Waals surface area contributed by atoms with Crippen molar-refractivity contribution < 1.29 is 14.6 Å². The molecule has 2 fully saturated rings. The number of aromatic nitrogens is 2. The maximum atomic E-state index is 10.9. The van der Waals surface area contributed by atoms with Gasteiger partial charge in [-0.2, -0.15) is 0 Å². The van der Waals surface area contributed by atoms with Gasteiger partial charge < -0.3 is 14.7 Å². The Morgan fingerprint density at radius 3 is 2.53 bits per heavy atom. The van der Waals surface area contributed by atoms with Crippen molar-refractivity contribution in [2.24, 2.45) is 11.8 Å². The predicted octanol–water partition coefficient (Wildman–Crippen LogP) is 1.90. The van der Waals surface area contributed by atoms with E-state index < -0.39 is 6.09 Å². The molecular weight excluding hydrogens is 270 g/mol. The molecule has 6 nitrogen and oxygen atoms in total. The number of halogens is 1. The molecule has 1 amide bonds. The summed E-state index contributed by atoms with van der Waals surface area (Å²) < 4.78 is 5.76. The van der Waals surface area contributed by atoms with Crippen LogP contribution in [-0.2, 0) is 0 Å². The van der Waals surface area contributed by atoms with Crippen LogP contribution in [-0.4, -0.2) is 45.5 Å². The van der Waals surface area contributed by atoms with Gasteiger partial charge in [0.2, 0.25) is 5.88 Å². The zero-order valence-corrected chi connectivity index (χ0v) is 11.0.